The van der Waals surface area contributed by atoms with Crippen LogP contribution in [0.2, 0.25) is 0 Å². The Labute approximate surface area is 179 Å². The third kappa shape index (κ3) is 4.43. The SMILES string of the molecule is Cc1cc(I)ccc1NC(=O)CN1CCCC1c1ccc2c(c1)OCCCO2. The second kappa shape index (κ2) is 8.69. The summed E-state index contributed by atoms with van der Waals surface area (Å²) >= 11 is 2.28. The third-order valence-corrected chi connectivity index (χ3v) is 6.00. The van der Waals surface area contributed by atoms with Gasteiger partial charge in [-0.2, -0.15) is 0 Å². The lowest BCUT2D eigenvalue weighted by Crippen LogP contribution is -2.33. The van der Waals surface area contributed by atoms with Crippen LogP contribution >= 0.6 is 22.6 Å². The standard InChI is InChI=1S/C22H25IN2O3/c1-15-12-17(23)6-7-18(15)24-22(26)14-25-9-2-4-19(25)16-5-8-20-21(13-16)28-11-3-10-27-20/h5-8,12-13,19H,2-4,9-11,14H2,1H3,(H,24,26). The molecule has 0 spiro atoms. The number of amides is 1. The molecule has 2 aliphatic rings. The van der Waals surface area contributed by atoms with Gasteiger partial charge in [-0.15, -0.1) is 0 Å². The Morgan fingerprint density at radius 2 is 1.96 bits per heavy atom. The third-order valence-electron chi connectivity index (χ3n) is 5.33. The first-order valence-electron chi connectivity index (χ1n) is 9.80. The van der Waals surface area contributed by atoms with Crippen molar-refractivity contribution >= 4 is 34.2 Å². The Kier molecular flexibility index (Phi) is 6.06. The van der Waals surface area contributed by atoms with Crippen LogP contribution in [0.15, 0.2) is 36.4 Å². The van der Waals surface area contributed by atoms with Gasteiger partial charge in [-0.25, -0.2) is 0 Å². The Morgan fingerprint density at radius 3 is 2.79 bits per heavy atom. The number of carbonyl (C=O) groups is 1. The van der Waals surface area contributed by atoms with Gasteiger partial charge in [0.15, 0.2) is 11.5 Å². The van der Waals surface area contributed by atoms with E-state index >= 15 is 0 Å². The van der Waals surface area contributed by atoms with Crippen LogP contribution in [0.1, 0.15) is 36.4 Å². The van der Waals surface area contributed by atoms with E-state index in [4.69, 9.17) is 9.47 Å². The summed E-state index contributed by atoms with van der Waals surface area (Å²) in [6.07, 6.45) is 3.04. The summed E-state index contributed by atoms with van der Waals surface area (Å²) < 4.78 is 12.8. The van der Waals surface area contributed by atoms with Gasteiger partial charge in [0.25, 0.3) is 0 Å². The van der Waals surface area contributed by atoms with E-state index in [1.165, 1.54) is 9.13 Å². The highest BCUT2D eigenvalue weighted by Gasteiger charge is 2.28. The van der Waals surface area contributed by atoms with Crippen LogP contribution < -0.4 is 14.8 Å². The highest BCUT2D eigenvalue weighted by Crippen LogP contribution is 2.37. The maximum atomic E-state index is 12.7. The van der Waals surface area contributed by atoms with Gasteiger partial charge in [0.2, 0.25) is 5.91 Å². The molecule has 0 bridgehead atoms. The van der Waals surface area contributed by atoms with Crippen molar-refractivity contribution in [1.29, 1.82) is 0 Å². The molecule has 2 aromatic carbocycles. The number of ether oxygens (including phenoxy) is 2. The summed E-state index contributed by atoms with van der Waals surface area (Å²) in [7, 11) is 0. The van der Waals surface area contributed by atoms with E-state index < -0.39 is 0 Å². The molecule has 2 heterocycles. The number of hydrogen-bond acceptors (Lipinski definition) is 4. The van der Waals surface area contributed by atoms with Crippen molar-refractivity contribution in [2.24, 2.45) is 0 Å². The Bertz CT molecular complexity index is 871. The number of anilines is 1. The van der Waals surface area contributed by atoms with E-state index in [1.54, 1.807) is 0 Å². The number of rotatable bonds is 4. The average Bonchev–Trinajstić information content (AvgIpc) is 2.99. The molecule has 0 radical (unpaired) electrons. The van der Waals surface area contributed by atoms with Crippen LogP contribution in [-0.4, -0.2) is 37.1 Å². The Hall–Kier alpha value is -1.80. The number of nitrogens with zero attached hydrogens (tertiary/aromatic N) is 1. The number of nitrogens with one attached hydrogen (secondary N) is 1. The topological polar surface area (TPSA) is 50.8 Å². The van der Waals surface area contributed by atoms with Gasteiger partial charge in [-0.1, -0.05) is 6.07 Å². The van der Waals surface area contributed by atoms with Crippen LogP contribution in [0.3, 0.4) is 0 Å². The molecule has 2 aromatic rings. The highest BCUT2D eigenvalue weighted by atomic mass is 127. The quantitative estimate of drug-likeness (QED) is 0.638. The molecule has 0 aliphatic carbocycles. The summed E-state index contributed by atoms with van der Waals surface area (Å²) in [5.74, 6) is 1.67. The fourth-order valence-electron chi connectivity index (χ4n) is 3.92. The van der Waals surface area contributed by atoms with Crippen molar-refractivity contribution in [3.8, 4) is 11.5 Å². The van der Waals surface area contributed by atoms with Crippen LogP contribution in [-0.2, 0) is 4.79 Å². The monoisotopic (exact) mass is 492 g/mol. The van der Waals surface area contributed by atoms with E-state index in [1.807, 2.05) is 25.1 Å². The number of benzene rings is 2. The molecule has 1 saturated heterocycles. The lowest BCUT2D eigenvalue weighted by Gasteiger charge is -2.25. The van der Waals surface area contributed by atoms with E-state index in [-0.39, 0.29) is 11.9 Å². The van der Waals surface area contributed by atoms with Gasteiger partial charge >= 0.3 is 0 Å². The fourth-order valence-corrected chi connectivity index (χ4v) is 4.57. The van der Waals surface area contributed by atoms with E-state index in [0.29, 0.717) is 19.8 Å². The minimum atomic E-state index is 0.0329. The molecule has 0 aromatic heterocycles. The molecule has 0 saturated carbocycles. The zero-order valence-electron chi connectivity index (χ0n) is 16.0. The molecule has 28 heavy (non-hydrogen) atoms. The number of aryl methyl sites for hydroxylation is 1. The predicted molar refractivity (Wildman–Crippen MR) is 118 cm³/mol. The normalized spacial score (nSPS) is 19.3. The van der Waals surface area contributed by atoms with Gasteiger partial charge in [0.05, 0.1) is 19.8 Å². The largest absolute Gasteiger partial charge is 0.490 e. The molecule has 148 valence electrons. The molecular formula is C22H25IN2O3. The number of hydrogen-bond donors (Lipinski definition) is 1. The van der Waals surface area contributed by atoms with Gasteiger partial charge in [-0.3, -0.25) is 9.69 Å². The van der Waals surface area contributed by atoms with E-state index in [2.05, 4.69) is 51.0 Å². The number of carbonyl (C=O) groups excluding carboxylic acids is 1. The zero-order chi connectivity index (χ0) is 19.5. The van der Waals surface area contributed by atoms with Crippen molar-refractivity contribution in [3.05, 3.63) is 51.1 Å². The molecule has 1 atom stereocenters. The number of likely N-dealkylation sites (tertiary alicyclic amines) is 1. The molecule has 4 rings (SSSR count). The number of fused-ring (bicyclic) bond motifs is 1. The smallest absolute Gasteiger partial charge is 0.238 e. The lowest BCUT2D eigenvalue weighted by molar-refractivity contribution is -0.117. The minimum Gasteiger partial charge on any atom is -0.490 e. The highest BCUT2D eigenvalue weighted by molar-refractivity contribution is 14.1. The maximum Gasteiger partial charge on any atom is 0.238 e. The van der Waals surface area contributed by atoms with Crippen LogP contribution in [0.25, 0.3) is 0 Å². The van der Waals surface area contributed by atoms with E-state index in [9.17, 15) is 4.79 Å². The molecule has 1 N–H and O–H groups in total. The van der Waals surface area contributed by atoms with Crippen LogP contribution in [0.4, 0.5) is 5.69 Å². The fraction of sp³-hybridized carbons (Fsp3) is 0.409. The van der Waals surface area contributed by atoms with Gasteiger partial charge < -0.3 is 14.8 Å². The minimum absolute atomic E-state index is 0.0329. The molecule has 6 heteroatoms. The maximum absolute atomic E-state index is 12.7. The van der Waals surface area contributed by atoms with Crippen LogP contribution in [0, 0.1) is 10.5 Å². The molecule has 2 aliphatic heterocycles. The Morgan fingerprint density at radius 1 is 1.14 bits per heavy atom. The second-order valence-corrected chi connectivity index (χ2v) is 8.64. The van der Waals surface area contributed by atoms with Crippen molar-refractivity contribution in [1.82, 2.24) is 4.90 Å². The molecular weight excluding hydrogens is 467 g/mol. The molecule has 5 nitrogen and oxygen atoms in total. The first-order valence-corrected chi connectivity index (χ1v) is 10.9. The van der Waals surface area contributed by atoms with Crippen molar-refractivity contribution in [2.45, 2.75) is 32.2 Å². The van der Waals surface area contributed by atoms with Crippen molar-refractivity contribution < 1.29 is 14.3 Å². The predicted octanol–water partition coefficient (Wildman–Crippen LogP) is 4.54. The summed E-state index contributed by atoms with van der Waals surface area (Å²) in [5, 5.41) is 3.07. The molecule has 1 amide bonds. The summed E-state index contributed by atoms with van der Waals surface area (Å²) in [6, 6.07) is 12.5. The van der Waals surface area contributed by atoms with Gasteiger partial charge in [0.1, 0.15) is 0 Å². The van der Waals surface area contributed by atoms with Crippen molar-refractivity contribution in [2.75, 3.05) is 31.6 Å². The first-order chi connectivity index (χ1) is 13.6. The number of halogens is 1. The van der Waals surface area contributed by atoms with Gasteiger partial charge in [-0.05, 0) is 90.4 Å². The summed E-state index contributed by atoms with van der Waals surface area (Å²) in [6.45, 7) is 4.72. The summed E-state index contributed by atoms with van der Waals surface area (Å²) in [5.41, 5.74) is 3.16. The second-order valence-electron chi connectivity index (χ2n) is 7.39. The summed E-state index contributed by atoms with van der Waals surface area (Å²) in [4.78, 5) is 14.9. The van der Waals surface area contributed by atoms with E-state index in [0.717, 1.165) is 48.6 Å². The molecule has 1 fully saturated rings. The average molecular weight is 492 g/mol. The first kappa shape index (κ1) is 19.5. The molecule has 1 unspecified atom stereocenters. The Balaban J connectivity index is 1.45. The zero-order valence-corrected chi connectivity index (χ0v) is 18.2. The van der Waals surface area contributed by atoms with Crippen molar-refractivity contribution in [3.63, 3.8) is 0 Å². The van der Waals surface area contributed by atoms with Crippen LogP contribution in [0.5, 0.6) is 11.5 Å². The lowest BCUT2D eigenvalue weighted by atomic mass is 10.0. The van der Waals surface area contributed by atoms with Gasteiger partial charge in [0, 0.05) is 21.7 Å².